The van der Waals surface area contributed by atoms with Crippen LogP contribution in [0.1, 0.15) is 26.3 Å². The molecule has 0 aliphatic heterocycles. The molecule has 0 heterocycles. The fourth-order valence-corrected chi connectivity index (χ4v) is 1.01. The van der Waals surface area contributed by atoms with Gasteiger partial charge in [-0.1, -0.05) is 35.5 Å². The molecule has 4 nitrogen and oxygen atoms in total. The Labute approximate surface area is 95.7 Å². The number of hydrazone groups is 1. The summed E-state index contributed by atoms with van der Waals surface area (Å²) in [6.07, 6.45) is 1.73. The molecule has 0 aliphatic carbocycles. The minimum Gasteiger partial charge on any atom is -0.411 e. The van der Waals surface area contributed by atoms with Crippen LogP contribution in [0, 0.1) is 0 Å². The molecule has 1 aromatic carbocycles. The van der Waals surface area contributed by atoms with E-state index in [4.69, 9.17) is 5.21 Å². The summed E-state index contributed by atoms with van der Waals surface area (Å²) in [6.45, 7) is 5.53. The van der Waals surface area contributed by atoms with Crippen molar-refractivity contribution in [3.8, 4) is 0 Å². The van der Waals surface area contributed by atoms with E-state index in [2.05, 4.69) is 15.7 Å². The van der Waals surface area contributed by atoms with Crippen molar-refractivity contribution < 1.29 is 5.21 Å². The van der Waals surface area contributed by atoms with E-state index in [1.165, 1.54) is 0 Å². The normalized spacial score (nSPS) is 13.1. The zero-order valence-electron chi connectivity index (χ0n) is 9.81. The Hall–Kier alpha value is -1.84. The van der Waals surface area contributed by atoms with Crippen molar-refractivity contribution >= 4 is 11.9 Å². The van der Waals surface area contributed by atoms with Crippen LogP contribution in [0.15, 0.2) is 40.6 Å². The van der Waals surface area contributed by atoms with Crippen LogP contribution >= 0.6 is 0 Å². The molecule has 0 bridgehead atoms. The quantitative estimate of drug-likeness (QED) is 0.463. The van der Waals surface area contributed by atoms with Gasteiger partial charge < -0.3 is 5.21 Å². The monoisotopic (exact) mass is 219 g/mol. The highest BCUT2D eigenvalue weighted by molar-refractivity contribution is 5.90. The first-order chi connectivity index (χ1) is 7.56. The van der Waals surface area contributed by atoms with Crippen LogP contribution in [0.25, 0.3) is 0 Å². The van der Waals surface area contributed by atoms with Crippen LogP contribution in [-0.2, 0) is 0 Å². The molecular formula is C12H17N3O. The van der Waals surface area contributed by atoms with Gasteiger partial charge in [0.05, 0.1) is 17.5 Å². The van der Waals surface area contributed by atoms with Gasteiger partial charge in [-0.15, -0.1) is 0 Å². The Morgan fingerprint density at radius 3 is 2.50 bits per heavy atom. The van der Waals surface area contributed by atoms with Gasteiger partial charge in [0.15, 0.2) is 0 Å². The maximum atomic E-state index is 8.68. The van der Waals surface area contributed by atoms with Crippen molar-refractivity contribution in [1.82, 2.24) is 5.43 Å². The summed E-state index contributed by atoms with van der Waals surface area (Å²) in [5.41, 5.74) is 4.08. The topological polar surface area (TPSA) is 57.0 Å². The van der Waals surface area contributed by atoms with Gasteiger partial charge in [-0.2, -0.15) is 5.10 Å². The van der Waals surface area contributed by atoms with E-state index < -0.39 is 5.54 Å². The molecule has 16 heavy (non-hydrogen) atoms. The van der Waals surface area contributed by atoms with Gasteiger partial charge in [-0.25, -0.2) is 0 Å². The molecule has 1 rings (SSSR count). The molecule has 0 atom stereocenters. The third-order valence-corrected chi connectivity index (χ3v) is 2.41. The Kier molecular flexibility index (Phi) is 4.05. The molecule has 4 heteroatoms. The number of oxime groups is 1. The van der Waals surface area contributed by atoms with Crippen LogP contribution < -0.4 is 5.43 Å². The number of rotatable bonds is 4. The summed E-state index contributed by atoms with van der Waals surface area (Å²) in [6, 6.07) is 9.79. The predicted molar refractivity (Wildman–Crippen MR) is 66.1 cm³/mol. The van der Waals surface area contributed by atoms with Gasteiger partial charge in [-0.05, 0) is 26.3 Å². The number of nitrogens with zero attached hydrogens (tertiary/aromatic N) is 2. The summed E-state index contributed by atoms with van der Waals surface area (Å²) >= 11 is 0. The lowest BCUT2D eigenvalue weighted by atomic mass is 10.0. The van der Waals surface area contributed by atoms with Crippen LogP contribution in [0.4, 0.5) is 0 Å². The zero-order chi connectivity index (χ0) is 12.0. The molecule has 2 N–H and O–H groups in total. The standard InChI is InChI=1S/C12H17N3O/c1-10(14-16)12(2,3)15-13-9-11-7-5-4-6-8-11/h4-9,15-16H,1-3H3/b13-9+,14-10+. The smallest absolute Gasteiger partial charge is 0.0902 e. The van der Waals surface area contributed by atoms with E-state index >= 15 is 0 Å². The van der Waals surface area contributed by atoms with Gasteiger partial charge in [0.1, 0.15) is 0 Å². The van der Waals surface area contributed by atoms with Gasteiger partial charge in [-0.3, -0.25) is 5.43 Å². The van der Waals surface area contributed by atoms with Crippen molar-refractivity contribution in [2.45, 2.75) is 26.3 Å². The lowest BCUT2D eigenvalue weighted by Gasteiger charge is -2.22. The summed E-state index contributed by atoms with van der Waals surface area (Å²) < 4.78 is 0. The Morgan fingerprint density at radius 2 is 1.94 bits per heavy atom. The van der Waals surface area contributed by atoms with Crippen LogP contribution in [0.3, 0.4) is 0 Å². The van der Waals surface area contributed by atoms with Crippen molar-refractivity contribution in [2.75, 3.05) is 0 Å². The Bertz CT molecular complexity index is 383. The maximum Gasteiger partial charge on any atom is 0.0902 e. The lowest BCUT2D eigenvalue weighted by Crippen LogP contribution is -2.42. The molecular weight excluding hydrogens is 202 g/mol. The second-order valence-electron chi connectivity index (χ2n) is 4.09. The average molecular weight is 219 g/mol. The van der Waals surface area contributed by atoms with Crippen molar-refractivity contribution in [2.24, 2.45) is 10.3 Å². The first kappa shape index (κ1) is 12.2. The van der Waals surface area contributed by atoms with E-state index in [0.29, 0.717) is 5.71 Å². The molecule has 0 spiro atoms. The van der Waals surface area contributed by atoms with Crippen molar-refractivity contribution in [1.29, 1.82) is 0 Å². The molecule has 0 aromatic heterocycles. The molecule has 0 saturated heterocycles. The van der Waals surface area contributed by atoms with E-state index in [9.17, 15) is 0 Å². The van der Waals surface area contributed by atoms with Gasteiger partial charge >= 0.3 is 0 Å². The molecule has 1 aromatic rings. The van der Waals surface area contributed by atoms with Gasteiger partial charge in [0.25, 0.3) is 0 Å². The number of benzene rings is 1. The highest BCUT2D eigenvalue weighted by Crippen LogP contribution is 2.04. The van der Waals surface area contributed by atoms with Gasteiger partial charge in [0, 0.05) is 0 Å². The van der Waals surface area contributed by atoms with Gasteiger partial charge in [0.2, 0.25) is 0 Å². The van der Waals surface area contributed by atoms with Crippen LogP contribution in [0.2, 0.25) is 0 Å². The molecule has 0 radical (unpaired) electrons. The highest BCUT2D eigenvalue weighted by Gasteiger charge is 2.20. The molecule has 0 aliphatic rings. The first-order valence-corrected chi connectivity index (χ1v) is 5.10. The molecule has 0 fully saturated rings. The minimum absolute atomic E-state index is 0.458. The van der Waals surface area contributed by atoms with E-state index in [1.54, 1.807) is 13.1 Å². The minimum atomic E-state index is -0.458. The highest BCUT2D eigenvalue weighted by atomic mass is 16.4. The summed E-state index contributed by atoms with van der Waals surface area (Å²) in [7, 11) is 0. The maximum absolute atomic E-state index is 8.68. The third-order valence-electron chi connectivity index (χ3n) is 2.41. The summed E-state index contributed by atoms with van der Waals surface area (Å²) in [5, 5.41) is 16.0. The van der Waals surface area contributed by atoms with Crippen molar-refractivity contribution in [3.63, 3.8) is 0 Å². The SMILES string of the molecule is C/C(=N\O)C(C)(C)N/N=C/c1ccccc1. The second-order valence-corrected chi connectivity index (χ2v) is 4.09. The van der Waals surface area contributed by atoms with E-state index in [0.717, 1.165) is 5.56 Å². The molecule has 0 unspecified atom stereocenters. The second kappa shape index (κ2) is 5.30. The average Bonchev–Trinajstić information content (AvgIpc) is 2.29. The number of hydrogen-bond acceptors (Lipinski definition) is 4. The molecule has 0 saturated carbocycles. The van der Waals surface area contributed by atoms with Crippen LogP contribution in [-0.4, -0.2) is 22.7 Å². The summed E-state index contributed by atoms with van der Waals surface area (Å²) in [5.74, 6) is 0. The fourth-order valence-electron chi connectivity index (χ4n) is 1.01. The third kappa shape index (κ3) is 3.38. The Balaban J connectivity index is 2.61. The lowest BCUT2D eigenvalue weighted by molar-refractivity contribution is 0.311. The fraction of sp³-hybridized carbons (Fsp3) is 0.333. The molecule has 0 amide bonds. The number of hydrogen-bond donors (Lipinski definition) is 2. The van der Waals surface area contributed by atoms with Crippen molar-refractivity contribution in [3.05, 3.63) is 35.9 Å². The predicted octanol–water partition coefficient (Wildman–Crippen LogP) is 2.24. The van der Waals surface area contributed by atoms with E-state index in [1.807, 2.05) is 44.2 Å². The molecule has 86 valence electrons. The summed E-state index contributed by atoms with van der Waals surface area (Å²) in [4.78, 5) is 0. The number of nitrogens with one attached hydrogen (secondary N) is 1. The van der Waals surface area contributed by atoms with E-state index in [-0.39, 0.29) is 0 Å². The van der Waals surface area contributed by atoms with Crippen LogP contribution in [0.5, 0.6) is 0 Å². The zero-order valence-corrected chi connectivity index (χ0v) is 9.81. The largest absolute Gasteiger partial charge is 0.411 e. The Morgan fingerprint density at radius 1 is 1.31 bits per heavy atom. The first-order valence-electron chi connectivity index (χ1n) is 5.10.